The zero-order valence-corrected chi connectivity index (χ0v) is 13.2. The number of fused-ring (bicyclic) bond motifs is 1. The van der Waals surface area contributed by atoms with E-state index >= 15 is 0 Å². The third-order valence-electron chi connectivity index (χ3n) is 3.51. The number of nitrogens with one attached hydrogen (secondary N) is 1. The van der Waals surface area contributed by atoms with Crippen LogP contribution < -0.4 is 20.5 Å². The van der Waals surface area contributed by atoms with Crippen LogP contribution in [0.2, 0.25) is 0 Å². The van der Waals surface area contributed by atoms with Gasteiger partial charge in [0.25, 0.3) is 0 Å². The molecule has 0 fully saturated rings. The third-order valence-corrected chi connectivity index (χ3v) is 3.51. The smallest absolute Gasteiger partial charge is 0.193 e. The lowest BCUT2D eigenvalue weighted by molar-refractivity contribution is 0.297. The van der Waals surface area contributed by atoms with Gasteiger partial charge in [0.05, 0.1) is 31.4 Å². The van der Waals surface area contributed by atoms with Crippen LogP contribution in [-0.4, -0.2) is 19.2 Å². The monoisotopic (exact) mass is 322 g/mol. The van der Waals surface area contributed by atoms with E-state index in [1.54, 1.807) is 12.1 Å². The SMILES string of the molecule is N#Cc1cccc(CN=C(N)Nc2ccc3c(c2)OCCCO3)c1. The molecule has 0 radical (unpaired) electrons. The summed E-state index contributed by atoms with van der Waals surface area (Å²) in [6.07, 6.45) is 0.864. The van der Waals surface area contributed by atoms with Crippen LogP contribution in [0.4, 0.5) is 5.69 Å². The average molecular weight is 322 g/mol. The molecule has 0 unspecified atom stereocenters. The van der Waals surface area contributed by atoms with Crippen LogP contribution in [0.25, 0.3) is 0 Å². The van der Waals surface area contributed by atoms with E-state index in [9.17, 15) is 0 Å². The van der Waals surface area contributed by atoms with E-state index < -0.39 is 0 Å². The van der Waals surface area contributed by atoms with Crippen molar-refractivity contribution in [1.82, 2.24) is 0 Å². The Morgan fingerprint density at radius 1 is 1.17 bits per heavy atom. The molecular formula is C18H18N4O2. The molecule has 0 spiro atoms. The van der Waals surface area contributed by atoms with Crippen LogP contribution in [0.15, 0.2) is 47.5 Å². The van der Waals surface area contributed by atoms with Crippen molar-refractivity contribution >= 4 is 11.6 Å². The lowest BCUT2D eigenvalue weighted by Gasteiger charge is -2.10. The number of aliphatic imine (C=N–C) groups is 1. The lowest BCUT2D eigenvalue weighted by Crippen LogP contribution is -2.22. The number of ether oxygens (including phenoxy) is 2. The first-order chi connectivity index (χ1) is 11.7. The Kier molecular flexibility index (Phi) is 4.82. The molecule has 3 rings (SSSR count). The van der Waals surface area contributed by atoms with Gasteiger partial charge in [0.15, 0.2) is 17.5 Å². The highest BCUT2D eigenvalue weighted by Gasteiger charge is 2.10. The van der Waals surface area contributed by atoms with Gasteiger partial charge < -0.3 is 20.5 Å². The lowest BCUT2D eigenvalue weighted by atomic mass is 10.1. The summed E-state index contributed by atoms with van der Waals surface area (Å²) in [5.74, 6) is 1.74. The van der Waals surface area contributed by atoms with Crippen molar-refractivity contribution in [1.29, 1.82) is 5.26 Å². The number of hydrogen-bond donors (Lipinski definition) is 2. The van der Waals surface area contributed by atoms with Crippen molar-refractivity contribution < 1.29 is 9.47 Å². The molecule has 0 atom stereocenters. The minimum atomic E-state index is 0.298. The molecule has 0 aliphatic carbocycles. The van der Waals surface area contributed by atoms with E-state index in [1.807, 2.05) is 30.3 Å². The van der Waals surface area contributed by atoms with Gasteiger partial charge >= 0.3 is 0 Å². The van der Waals surface area contributed by atoms with Gasteiger partial charge in [-0.25, -0.2) is 4.99 Å². The van der Waals surface area contributed by atoms with Gasteiger partial charge in [0.2, 0.25) is 0 Å². The second-order valence-electron chi connectivity index (χ2n) is 5.35. The molecule has 1 aliphatic heterocycles. The number of nitrogens with zero attached hydrogens (tertiary/aromatic N) is 2. The van der Waals surface area contributed by atoms with Crippen LogP contribution in [-0.2, 0) is 6.54 Å². The molecule has 0 saturated carbocycles. The Morgan fingerprint density at radius 3 is 2.83 bits per heavy atom. The van der Waals surface area contributed by atoms with Crippen LogP contribution in [0.5, 0.6) is 11.5 Å². The van der Waals surface area contributed by atoms with Crippen LogP contribution in [0.3, 0.4) is 0 Å². The van der Waals surface area contributed by atoms with E-state index in [1.165, 1.54) is 0 Å². The third kappa shape index (κ3) is 3.96. The van der Waals surface area contributed by atoms with Gasteiger partial charge in [-0.2, -0.15) is 5.26 Å². The molecule has 2 aromatic carbocycles. The molecule has 0 amide bonds. The van der Waals surface area contributed by atoms with Crippen molar-refractivity contribution in [3.8, 4) is 17.6 Å². The van der Waals surface area contributed by atoms with Gasteiger partial charge in [-0.05, 0) is 29.8 Å². The van der Waals surface area contributed by atoms with Crippen LogP contribution in [0.1, 0.15) is 17.5 Å². The molecule has 2 aromatic rings. The number of nitriles is 1. The molecule has 1 aliphatic rings. The second-order valence-corrected chi connectivity index (χ2v) is 5.35. The number of anilines is 1. The maximum atomic E-state index is 8.91. The van der Waals surface area contributed by atoms with Gasteiger partial charge in [-0.1, -0.05) is 12.1 Å². The fourth-order valence-electron chi connectivity index (χ4n) is 2.34. The highest BCUT2D eigenvalue weighted by atomic mass is 16.5. The van der Waals surface area contributed by atoms with Crippen molar-refractivity contribution in [2.24, 2.45) is 10.7 Å². The summed E-state index contributed by atoms with van der Waals surface area (Å²) in [7, 11) is 0. The van der Waals surface area contributed by atoms with E-state index in [2.05, 4.69) is 16.4 Å². The summed E-state index contributed by atoms with van der Waals surface area (Å²) in [5, 5.41) is 11.9. The number of guanidine groups is 1. The zero-order valence-electron chi connectivity index (χ0n) is 13.2. The predicted molar refractivity (Wildman–Crippen MR) is 92.2 cm³/mol. The predicted octanol–water partition coefficient (Wildman–Crippen LogP) is 2.65. The minimum Gasteiger partial charge on any atom is -0.490 e. The number of benzene rings is 2. The fraction of sp³-hybridized carbons (Fsp3) is 0.222. The van der Waals surface area contributed by atoms with E-state index in [0.717, 1.165) is 23.4 Å². The van der Waals surface area contributed by atoms with Gasteiger partial charge in [-0.3, -0.25) is 0 Å². The Balaban J connectivity index is 1.66. The highest BCUT2D eigenvalue weighted by molar-refractivity contribution is 5.92. The average Bonchev–Trinajstić information content (AvgIpc) is 2.85. The standard InChI is InChI=1S/C18H18N4O2/c19-11-13-3-1-4-14(9-13)12-21-18(20)22-15-5-6-16-17(10-15)24-8-2-7-23-16/h1,3-6,9-10H,2,7-8,12H2,(H3,20,21,22). The molecule has 6 nitrogen and oxygen atoms in total. The van der Waals surface area contributed by atoms with Gasteiger partial charge in [-0.15, -0.1) is 0 Å². The summed E-state index contributed by atoms with van der Waals surface area (Å²) in [6.45, 7) is 1.69. The molecular weight excluding hydrogens is 304 g/mol. The van der Waals surface area contributed by atoms with Crippen molar-refractivity contribution in [3.05, 3.63) is 53.6 Å². The molecule has 24 heavy (non-hydrogen) atoms. The molecule has 3 N–H and O–H groups in total. The first-order valence-corrected chi connectivity index (χ1v) is 7.70. The maximum Gasteiger partial charge on any atom is 0.193 e. The summed E-state index contributed by atoms with van der Waals surface area (Å²) >= 11 is 0. The molecule has 0 aromatic heterocycles. The van der Waals surface area contributed by atoms with Crippen molar-refractivity contribution in [3.63, 3.8) is 0 Å². The first-order valence-electron chi connectivity index (χ1n) is 7.70. The van der Waals surface area contributed by atoms with E-state index in [0.29, 0.717) is 37.0 Å². The molecule has 6 heteroatoms. The first kappa shape index (κ1) is 15.7. The van der Waals surface area contributed by atoms with E-state index in [4.69, 9.17) is 20.5 Å². The molecule has 122 valence electrons. The summed E-state index contributed by atoms with van der Waals surface area (Å²) < 4.78 is 11.2. The zero-order chi connectivity index (χ0) is 16.8. The van der Waals surface area contributed by atoms with Crippen LogP contribution in [0, 0.1) is 11.3 Å². The number of rotatable bonds is 3. The molecule has 1 heterocycles. The summed E-state index contributed by atoms with van der Waals surface area (Å²) in [6, 6.07) is 15.0. The van der Waals surface area contributed by atoms with Gasteiger partial charge in [0.1, 0.15) is 0 Å². The largest absolute Gasteiger partial charge is 0.490 e. The Bertz CT molecular complexity index is 796. The maximum absolute atomic E-state index is 8.91. The fourth-order valence-corrected chi connectivity index (χ4v) is 2.34. The molecule has 0 bridgehead atoms. The topological polar surface area (TPSA) is 92.7 Å². The van der Waals surface area contributed by atoms with Crippen molar-refractivity contribution in [2.45, 2.75) is 13.0 Å². The molecule has 0 saturated heterocycles. The van der Waals surface area contributed by atoms with E-state index in [-0.39, 0.29) is 0 Å². The Morgan fingerprint density at radius 2 is 2.00 bits per heavy atom. The Labute approximate surface area is 140 Å². The minimum absolute atomic E-state index is 0.298. The van der Waals surface area contributed by atoms with Gasteiger partial charge in [0, 0.05) is 18.2 Å². The number of nitrogens with two attached hydrogens (primary N) is 1. The van der Waals surface area contributed by atoms with Crippen molar-refractivity contribution in [2.75, 3.05) is 18.5 Å². The highest BCUT2D eigenvalue weighted by Crippen LogP contribution is 2.32. The number of hydrogen-bond acceptors (Lipinski definition) is 4. The normalized spacial score (nSPS) is 13.7. The quantitative estimate of drug-likeness (QED) is 0.669. The second kappa shape index (κ2) is 7.38. The van der Waals surface area contributed by atoms with Crippen LogP contribution >= 0.6 is 0 Å². The Hall–Kier alpha value is -3.20. The summed E-state index contributed by atoms with van der Waals surface area (Å²) in [5.41, 5.74) is 8.25. The summed E-state index contributed by atoms with van der Waals surface area (Å²) in [4.78, 5) is 4.30.